The van der Waals surface area contributed by atoms with E-state index in [1.807, 2.05) is 47.5 Å². The minimum absolute atomic E-state index is 0.195. The summed E-state index contributed by atoms with van der Waals surface area (Å²) < 4.78 is 0. The monoisotopic (exact) mass is 410 g/mol. The fourth-order valence-electron chi connectivity index (χ4n) is 4.10. The number of ketones is 1. The fraction of sp³-hybridized carbons (Fsp3) is 0.318. The first kappa shape index (κ1) is 19.5. The minimum Gasteiger partial charge on any atom is -0.291 e. The number of amides is 1. The number of hydrogen-bond acceptors (Lipinski definition) is 5. The van der Waals surface area contributed by atoms with Crippen LogP contribution in [0, 0.1) is 0 Å². The maximum absolute atomic E-state index is 12.9. The average molecular weight is 411 g/mol. The molecular weight excluding hydrogens is 388 g/mol. The topological polar surface area (TPSA) is 65.0 Å². The van der Waals surface area contributed by atoms with Crippen LogP contribution in [-0.2, 0) is 4.79 Å². The first-order chi connectivity index (χ1) is 14.0. The van der Waals surface area contributed by atoms with Gasteiger partial charge in [0.05, 0.1) is 5.69 Å². The molecule has 1 aliphatic carbocycles. The van der Waals surface area contributed by atoms with Gasteiger partial charge in [0.25, 0.3) is 5.91 Å². The smallest absolute Gasteiger partial charge is 0.269 e. The van der Waals surface area contributed by atoms with E-state index in [9.17, 15) is 9.59 Å². The number of nitrogens with one attached hydrogen (secondary N) is 1. The Morgan fingerprint density at radius 3 is 2.28 bits per heavy atom. The Bertz CT molecular complexity index is 937. The van der Waals surface area contributed by atoms with Crippen LogP contribution in [0.25, 0.3) is 0 Å². The Morgan fingerprint density at radius 2 is 1.66 bits per heavy atom. The number of amidine groups is 1. The summed E-state index contributed by atoms with van der Waals surface area (Å²) in [6.45, 7) is 1.47. The summed E-state index contributed by atoms with van der Waals surface area (Å²) >= 11 is 6.06. The van der Waals surface area contributed by atoms with Crippen LogP contribution >= 0.6 is 11.6 Å². The summed E-state index contributed by atoms with van der Waals surface area (Å²) in [5, 5.41) is 8.87. The number of rotatable bonds is 4. The molecule has 2 aliphatic rings. The molecule has 1 amide bonds. The second-order valence-electron chi connectivity index (χ2n) is 7.45. The highest BCUT2D eigenvalue weighted by atomic mass is 35.5. The van der Waals surface area contributed by atoms with Crippen LogP contribution in [0.2, 0.25) is 5.02 Å². The van der Waals surface area contributed by atoms with Crippen molar-refractivity contribution in [3.8, 4) is 0 Å². The standard InChI is InChI=1S/C22H23ClN4O2/c1-16(28)20-24-26(19-12-10-18(23)11-13-19)22(14-6-3-7-15-22)27(20)25-21(29)17-8-4-2-5-9-17/h2,4-5,8-13H,3,6-7,14-15H2,1H3,(H,25,29). The SMILES string of the molecule is CC(=O)C1=NN(c2ccc(Cl)cc2)C2(CCCCC2)N1NC(=O)c1ccccc1. The Kier molecular flexibility index (Phi) is 5.28. The van der Waals surface area contributed by atoms with Crippen molar-refractivity contribution < 1.29 is 9.59 Å². The molecule has 0 unspecified atom stereocenters. The fourth-order valence-corrected chi connectivity index (χ4v) is 4.22. The molecule has 0 bridgehead atoms. The predicted octanol–water partition coefficient (Wildman–Crippen LogP) is 4.37. The third-order valence-corrected chi connectivity index (χ3v) is 5.76. The molecule has 7 heteroatoms. The molecule has 6 nitrogen and oxygen atoms in total. The molecule has 4 rings (SSSR count). The van der Waals surface area contributed by atoms with E-state index in [2.05, 4.69) is 10.5 Å². The molecule has 2 aromatic carbocycles. The summed E-state index contributed by atoms with van der Waals surface area (Å²) in [4.78, 5) is 25.4. The third kappa shape index (κ3) is 3.60. The highest BCUT2D eigenvalue weighted by Gasteiger charge is 2.52. The molecule has 1 heterocycles. The van der Waals surface area contributed by atoms with Gasteiger partial charge in [-0.2, -0.15) is 0 Å². The van der Waals surface area contributed by atoms with Crippen LogP contribution in [-0.4, -0.2) is 28.2 Å². The van der Waals surface area contributed by atoms with Crippen molar-refractivity contribution in [2.75, 3.05) is 5.01 Å². The van der Waals surface area contributed by atoms with Gasteiger partial charge >= 0.3 is 0 Å². The predicted molar refractivity (Wildman–Crippen MR) is 114 cm³/mol. The van der Waals surface area contributed by atoms with E-state index < -0.39 is 5.66 Å². The summed E-state index contributed by atoms with van der Waals surface area (Å²) in [6, 6.07) is 16.4. The maximum atomic E-state index is 12.9. The highest BCUT2D eigenvalue weighted by molar-refractivity contribution is 6.39. The van der Waals surface area contributed by atoms with Crippen molar-refractivity contribution in [1.82, 2.24) is 10.4 Å². The lowest BCUT2D eigenvalue weighted by Gasteiger charge is -2.46. The highest BCUT2D eigenvalue weighted by Crippen LogP contribution is 2.43. The third-order valence-electron chi connectivity index (χ3n) is 5.51. The van der Waals surface area contributed by atoms with E-state index >= 15 is 0 Å². The molecule has 1 saturated carbocycles. The van der Waals surface area contributed by atoms with E-state index in [4.69, 9.17) is 11.6 Å². The van der Waals surface area contributed by atoms with Crippen LogP contribution in [0.5, 0.6) is 0 Å². The quantitative estimate of drug-likeness (QED) is 0.812. The first-order valence-corrected chi connectivity index (χ1v) is 10.2. The van der Waals surface area contributed by atoms with Gasteiger partial charge in [-0.15, -0.1) is 5.10 Å². The lowest BCUT2D eigenvalue weighted by molar-refractivity contribution is -0.112. The zero-order valence-electron chi connectivity index (χ0n) is 16.3. The molecule has 2 aromatic rings. The second kappa shape index (κ2) is 7.87. The van der Waals surface area contributed by atoms with Gasteiger partial charge in [0.1, 0.15) is 0 Å². The Morgan fingerprint density at radius 1 is 1.00 bits per heavy atom. The molecule has 0 saturated heterocycles. The van der Waals surface area contributed by atoms with Crippen LogP contribution < -0.4 is 10.4 Å². The number of benzene rings is 2. The van der Waals surface area contributed by atoms with E-state index in [1.54, 1.807) is 17.1 Å². The molecule has 0 atom stereocenters. The molecule has 1 N–H and O–H groups in total. The number of anilines is 1. The van der Waals surface area contributed by atoms with E-state index in [0.29, 0.717) is 10.6 Å². The largest absolute Gasteiger partial charge is 0.291 e. The van der Waals surface area contributed by atoms with E-state index in [0.717, 1.165) is 37.8 Å². The Hall–Kier alpha value is -2.86. The number of nitrogens with zero attached hydrogens (tertiary/aromatic N) is 3. The van der Waals surface area contributed by atoms with Crippen molar-refractivity contribution in [3.63, 3.8) is 0 Å². The molecule has 0 radical (unpaired) electrons. The summed E-state index contributed by atoms with van der Waals surface area (Å²) in [7, 11) is 0. The van der Waals surface area contributed by atoms with Crippen molar-refractivity contribution in [1.29, 1.82) is 0 Å². The zero-order valence-corrected chi connectivity index (χ0v) is 17.0. The van der Waals surface area contributed by atoms with Crippen molar-refractivity contribution in [2.24, 2.45) is 5.10 Å². The number of hydrazone groups is 1. The van der Waals surface area contributed by atoms with Crippen molar-refractivity contribution in [2.45, 2.75) is 44.7 Å². The van der Waals surface area contributed by atoms with Gasteiger partial charge < -0.3 is 0 Å². The molecule has 1 fully saturated rings. The van der Waals surface area contributed by atoms with Gasteiger partial charge in [0.2, 0.25) is 5.84 Å². The summed E-state index contributed by atoms with van der Waals surface area (Å²) in [5.41, 5.74) is 3.73. The number of halogens is 1. The van der Waals surface area contributed by atoms with Gasteiger partial charge in [-0.1, -0.05) is 36.2 Å². The number of carbonyl (C=O) groups is 2. The van der Waals surface area contributed by atoms with Gasteiger partial charge in [0, 0.05) is 17.5 Å². The lowest BCUT2D eigenvalue weighted by atomic mass is 9.87. The molecule has 1 aliphatic heterocycles. The number of Topliss-reactive ketones (excluding diaryl/α,β-unsaturated/α-hetero) is 1. The second-order valence-corrected chi connectivity index (χ2v) is 7.89. The summed E-state index contributed by atoms with van der Waals surface area (Å²) in [6.07, 6.45) is 4.66. The molecule has 1 spiro atoms. The van der Waals surface area contributed by atoms with Gasteiger partial charge in [-0.3, -0.25) is 15.0 Å². The summed E-state index contributed by atoms with van der Waals surface area (Å²) in [5.74, 6) is -0.214. The zero-order chi connectivity index (χ0) is 20.4. The van der Waals surface area contributed by atoms with E-state index in [-0.39, 0.29) is 17.5 Å². The lowest BCUT2D eigenvalue weighted by Crippen LogP contribution is -2.63. The van der Waals surface area contributed by atoms with Crippen molar-refractivity contribution in [3.05, 3.63) is 65.2 Å². The van der Waals surface area contributed by atoms with Gasteiger partial charge in [-0.25, -0.2) is 10.0 Å². The van der Waals surface area contributed by atoms with E-state index in [1.165, 1.54) is 6.92 Å². The molecule has 0 aromatic heterocycles. The van der Waals surface area contributed by atoms with Crippen LogP contribution in [0.4, 0.5) is 5.69 Å². The van der Waals surface area contributed by atoms with Gasteiger partial charge in [-0.05, 0) is 62.1 Å². The Balaban J connectivity index is 1.74. The van der Waals surface area contributed by atoms with Gasteiger partial charge in [0.15, 0.2) is 11.4 Å². The number of hydrogen-bond donors (Lipinski definition) is 1. The van der Waals surface area contributed by atoms with Crippen molar-refractivity contribution >= 4 is 34.8 Å². The molecule has 29 heavy (non-hydrogen) atoms. The molecule has 150 valence electrons. The van der Waals surface area contributed by atoms with Crippen LogP contribution in [0.3, 0.4) is 0 Å². The number of carbonyl (C=O) groups excluding carboxylic acids is 2. The van der Waals surface area contributed by atoms with Crippen LogP contribution in [0.1, 0.15) is 49.4 Å². The Labute approximate surface area is 175 Å². The average Bonchev–Trinajstić information content (AvgIpc) is 3.03. The number of hydrazine groups is 1. The molecular formula is C22H23ClN4O2. The maximum Gasteiger partial charge on any atom is 0.269 e. The minimum atomic E-state index is -0.614. The normalized spacial score (nSPS) is 17.9. The van der Waals surface area contributed by atoms with Crippen LogP contribution in [0.15, 0.2) is 59.7 Å². The first-order valence-electron chi connectivity index (χ1n) is 9.83.